The maximum Gasteiger partial charge on any atom is 0.0701 e. The molecule has 1 saturated heterocycles. The Hall–Kier alpha value is -1.93. The van der Waals surface area contributed by atoms with E-state index in [0.717, 1.165) is 5.69 Å². The summed E-state index contributed by atoms with van der Waals surface area (Å²) >= 11 is 0. The van der Waals surface area contributed by atoms with E-state index in [9.17, 15) is 0 Å². The van der Waals surface area contributed by atoms with E-state index in [0.29, 0.717) is 12.1 Å². The minimum absolute atomic E-state index is 0.596. The van der Waals surface area contributed by atoms with Crippen LogP contribution in [0.4, 0.5) is 0 Å². The van der Waals surface area contributed by atoms with Crippen molar-refractivity contribution < 1.29 is 0 Å². The zero-order chi connectivity index (χ0) is 13.4. The first-order valence-corrected chi connectivity index (χ1v) is 7.37. The molecule has 2 bridgehead atoms. The lowest BCUT2D eigenvalue weighted by Gasteiger charge is -2.21. The normalized spacial score (nSPS) is 24.5. The maximum absolute atomic E-state index is 4.40. The van der Waals surface area contributed by atoms with Crippen LogP contribution in [-0.4, -0.2) is 17.1 Å². The molecule has 0 aliphatic carbocycles. The number of nitrogens with zero attached hydrogens (tertiary/aromatic N) is 1. The van der Waals surface area contributed by atoms with Gasteiger partial charge < -0.3 is 5.32 Å². The average molecular weight is 262 g/mol. The Morgan fingerprint density at radius 1 is 0.950 bits per heavy atom. The van der Waals surface area contributed by atoms with Gasteiger partial charge in [0.15, 0.2) is 0 Å². The van der Waals surface area contributed by atoms with Crippen LogP contribution in [0.25, 0.3) is 16.8 Å². The fourth-order valence-electron chi connectivity index (χ4n) is 3.32. The monoisotopic (exact) mass is 262 g/mol. The van der Waals surface area contributed by atoms with Crippen LogP contribution >= 0.6 is 0 Å². The lowest BCUT2D eigenvalue weighted by molar-refractivity contribution is 0.575. The van der Waals surface area contributed by atoms with E-state index in [1.165, 1.54) is 36.0 Å². The molecule has 2 atom stereocenters. The van der Waals surface area contributed by atoms with Gasteiger partial charge in [0.25, 0.3) is 0 Å². The van der Waals surface area contributed by atoms with Gasteiger partial charge in [0.2, 0.25) is 0 Å². The van der Waals surface area contributed by atoms with Gasteiger partial charge in [-0.3, -0.25) is 4.98 Å². The molecule has 1 aromatic heterocycles. The first kappa shape index (κ1) is 11.9. The van der Waals surface area contributed by atoms with Crippen molar-refractivity contribution >= 4 is 5.57 Å². The minimum Gasteiger partial charge on any atom is -0.307 e. The minimum atomic E-state index is 0.596. The third kappa shape index (κ3) is 2.16. The molecule has 2 unspecified atom stereocenters. The number of hydrogen-bond donors (Lipinski definition) is 1. The number of hydrogen-bond acceptors (Lipinski definition) is 2. The summed E-state index contributed by atoms with van der Waals surface area (Å²) in [5.41, 5.74) is 5.09. The summed E-state index contributed by atoms with van der Waals surface area (Å²) in [5, 5.41) is 3.64. The molecule has 0 saturated carbocycles. The molecule has 0 radical (unpaired) electrons. The molecule has 20 heavy (non-hydrogen) atoms. The molecule has 4 rings (SSSR count). The predicted octanol–water partition coefficient (Wildman–Crippen LogP) is 3.66. The SMILES string of the molecule is C1=C(c2ccc(-c3ccccn3)cc2)CC2CCC1N2. The summed E-state index contributed by atoms with van der Waals surface area (Å²) < 4.78 is 0. The van der Waals surface area contributed by atoms with Gasteiger partial charge in [-0.25, -0.2) is 0 Å². The first-order chi connectivity index (χ1) is 9.88. The highest BCUT2D eigenvalue weighted by Crippen LogP contribution is 2.32. The molecule has 1 fully saturated rings. The molecule has 0 spiro atoms. The van der Waals surface area contributed by atoms with Crippen LogP contribution < -0.4 is 5.32 Å². The molecule has 1 N–H and O–H groups in total. The van der Waals surface area contributed by atoms with Crippen LogP contribution in [0.3, 0.4) is 0 Å². The first-order valence-electron chi connectivity index (χ1n) is 7.37. The van der Waals surface area contributed by atoms with Crippen LogP contribution in [-0.2, 0) is 0 Å². The number of pyridine rings is 1. The smallest absolute Gasteiger partial charge is 0.0701 e. The number of aromatic nitrogens is 1. The standard InChI is InChI=1S/C18H18N2/c1-2-10-19-18(3-1)14-6-4-13(5-7-14)15-11-16-8-9-17(12-15)20-16/h1-7,10-11,16-17,20H,8-9,12H2. The van der Waals surface area contributed by atoms with Gasteiger partial charge in [0.1, 0.15) is 0 Å². The Morgan fingerprint density at radius 3 is 2.55 bits per heavy atom. The molecule has 0 amide bonds. The topological polar surface area (TPSA) is 24.9 Å². The third-order valence-corrected chi connectivity index (χ3v) is 4.36. The second-order valence-electron chi connectivity index (χ2n) is 5.74. The van der Waals surface area contributed by atoms with E-state index < -0.39 is 0 Å². The van der Waals surface area contributed by atoms with Gasteiger partial charge in [-0.1, -0.05) is 36.4 Å². The average Bonchev–Trinajstić information content (AvgIpc) is 2.87. The number of rotatable bonds is 2. The van der Waals surface area contributed by atoms with E-state index in [1.54, 1.807) is 0 Å². The van der Waals surface area contributed by atoms with Gasteiger partial charge in [-0.05, 0) is 42.5 Å². The zero-order valence-electron chi connectivity index (χ0n) is 11.4. The van der Waals surface area contributed by atoms with Gasteiger partial charge in [-0.2, -0.15) is 0 Å². The number of nitrogens with one attached hydrogen (secondary N) is 1. The number of benzene rings is 1. The fraction of sp³-hybridized carbons (Fsp3) is 0.278. The van der Waals surface area contributed by atoms with Crippen LogP contribution in [0.1, 0.15) is 24.8 Å². The van der Waals surface area contributed by atoms with Crippen LogP contribution in [0.2, 0.25) is 0 Å². The third-order valence-electron chi connectivity index (χ3n) is 4.36. The van der Waals surface area contributed by atoms with Crippen molar-refractivity contribution in [2.45, 2.75) is 31.3 Å². The Labute approximate surface area is 119 Å². The lowest BCUT2D eigenvalue weighted by Crippen LogP contribution is -2.31. The summed E-state index contributed by atoms with van der Waals surface area (Å²) in [5.74, 6) is 0. The summed E-state index contributed by atoms with van der Waals surface area (Å²) in [4.78, 5) is 4.40. The van der Waals surface area contributed by atoms with Crippen molar-refractivity contribution in [3.8, 4) is 11.3 Å². The Morgan fingerprint density at radius 2 is 1.80 bits per heavy atom. The van der Waals surface area contributed by atoms with E-state index >= 15 is 0 Å². The summed E-state index contributed by atoms with van der Waals surface area (Å²) in [6.07, 6.45) is 8.03. The summed E-state index contributed by atoms with van der Waals surface area (Å²) in [6, 6.07) is 16.2. The van der Waals surface area contributed by atoms with E-state index in [4.69, 9.17) is 0 Å². The molecular formula is C18H18N2. The van der Waals surface area contributed by atoms with Crippen molar-refractivity contribution in [1.82, 2.24) is 10.3 Å². The maximum atomic E-state index is 4.40. The van der Waals surface area contributed by atoms with E-state index in [-0.39, 0.29) is 0 Å². The molecule has 100 valence electrons. The summed E-state index contributed by atoms with van der Waals surface area (Å²) in [6.45, 7) is 0. The second kappa shape index (κ2) is 4.88. The van der Waals surface area contributed by atoms with Crippen molar-refractivity contribution in [1.29, 1.82) is 0 Å². The fourth-order valence-corrected chi connectivity index (χ4v) is 3.32. The van der Waals surface area contributed by atoms with Gasteiger partial charge in [0, 0.05) is 23.8 Å². The van der Waals surface area contributed by atoms with Crippen molar-refractivity contribution in [2.75, 3.05) is 0 Å². The summed E-state index contributed by atoms with van der Waals surface area (Å²) in [7, 11) is 0. The lowest BCUT2D eigenvalue weighted by atomic mass is 9.95. The largest absolute Gasteiger partial charge is 0.307 e. The van der Waals surface area contributed by atoms with Gasteiger partial charge in [0.05, 0.1) is 5.69 Å². The molecule has 2 aromatic rings. The van der Waals surface area contributed by atoms with Crippen LogP contribution in [0, 0.1) is 0 Å². The zero-order valence-corrected chi connectivity index (χ0v) is 11.4. The Kier molecular flexibility index (Phi) is 2.89. The molecule has 2 nitrogen and oxygen atoms in total. The van der Waals surface area contributed by atoms with Gasteiger partial charge >= 0.3 is 0 Å². The van der Waals surface area contributed by atoms with Gasteiger partial charge in [-0.15, -0.1) is 0 Å². The Bertz CT molecular complexity index is 628. The van der Waals surface area contributed by atoms with Crippen LogP contribution in [0.5, 0.6) is 0 Å². The highest BCUT2D eigenvalue weighted by Gasteiger charge is 2.28. The molecule has 2 heteroatoms. The molecular weight excluding hydrogens is 244 g/mol. The second-order valence-corrected chi connectivity index (χ2v) is 5.74. The van der Waals surface area contributed by atoms with Crippen molar-refractivity contribution in [3.05, 3.63) is 60.3 Å². The number of fused-ring (bicyclic) bond motifs is 2. The Balaban J connectivity index is 1.62. The highest BCUT2D eigenvalue weighted by atomic mass is 15.0. The van der Waals surface area contributed by atoms with Crippen LogP contribution in [0.15, 0.2) is 54.7 Å². The van der Waals surface area contributed by atoms with Crippen molar-refractivity contribution in [2.24, 2.45) is 0 Å². The highest BCUT2D eigenvalue weighted by molar-refractivity contribution is 5.71. The molecule has 3 heterocycles. The van der Waals surface area contributed by atoms with E-state index in [2.05, 4.69) is 46.7 Å². The molecule has 2 aliphatic rings. The predicted molar refractivity (Wildman–Crippen MR) is 82.2 cm³/mol. The quantitative estimate of drug-likeness (QED) is 0.893. The molecule has 1 aromatic carbocycles. The van der Waals surface area contributed by atoms with E-state index in [1.807, 2.05) is 18.3 Å². The molecule has 2 aliphatic heterocycles. The van der Waals surface area contributed by atoms with Crippen molar-refractivity contribution in [3.63, 3.8) is 0 Å².